The van der Waals surface area contributed by atoms with E-state index in [2.05, 4.69) is 54.3 Å². The summed E-state index contributed by atoms with van der Waals surface area (Å²) in [6, 6.07) is 8.37. The molecule has 0 fully saturated rings. The second kappa shape index (κ2) is 6.41. The van der Waals surface area contributed by atoms with Crippen LogP contribution in [0.4, 0.5) is 0 Å². The molecule has 1 unspecified atom stereocenters. The highest BCUT2D eigenvalue weighted by Crippen LogP contribution is 2.30. The summed E-state index contributed by atoms with van der Waals surface area (Å²) in [5, 5.41) is 10.1. The van der Waals surface area contributed by atoms with Gasteiger partial charge in [0.25, 0.3) is 0 Å². The van der Waals surface area contributed by atoms with Gasteiger partial charge in [0.15, 0.2) is 0 Å². The Hall–Kier alpha value is -1.78. The van der Waals surface area contributed by atoms with E-state index in [4.69, 9.17) is 0 Å². The number of aliphatic hydroxyl groups is 1. The first-order valence-corrected chi connectivity index (χ1v) is 6.75. The Morgan fingerprint density at radius 2 is 2.16 bits per heavy atom. The van der Waals surface area contributed by atoms with Gasteiger partial charge in [0.05, 0.1) is 6.10 Å². The Morgan fingerprint density at radius 1 is 1.37 bits per heavy atom. The fraction of sp³-hybridized carbons (Fsp3) is 0.333. The molecule has 98 valence electrons. The molecule has 2 rings (SSSR count). The number of hydrogen-bond acceptors (Lipinski definition) is 1. The lowest BCUT2D eigenvalue weighted by Crippen LogP contribution is -2.14. The SMILES string of the molecule is CC#CC[C@H](C)[C@H](O)/C=C/C1C=Cc2ccccc21. The number of allylic oxidation sites excluding steroid dienone is 2. The van der Waals surface area contributed by atoms with Gasteiger partial charge in [-0.3, -0.25) is 0 Å². The highest BCUT2D eigenvalue weighted by molar-refractivity contribution is 5.63. The van der Waals surface area contributed by atoms with Crippen LogP contribution in [0.25, 0.3) is 6.08 Å². The molecule has 19 heavy (non-hydrogen) atoms. The first-order chi connectivity index (χ1) is 9.22. The zero-order valence-corrected chi connectivity index (χ0v) is 11.5. The summed E-state index contributed by atoms with van der Waals surface area (Å²) in [5.74, 6) is 6.34. The van der Waals surface area contributed by atoms with E-state index in [1.165, 1.54) is 11.1 Å². The minimum absolute atomic E-state index is 0.171. The second-order valence-electron chi connectivity index (χ2n) is 5.00. The summed E-state index contributed by atoms with van der Waals surface area (Å²) in [7, 11) is 0. The van der Waals surface area contributed by atoms with Gasteiger partial charge in [0.2, 0.25) is 0 Å². The van der Waals surface area contributed by atoms with Crippen LogP contribution in [0.1, 0.15) is 37.3 Å². The van der Waals surface area contributed by atoms with Crippen molar-refractivity contribution in [2.24, 2.45) is 5.92 Å². The molecule has 1 aliphatic rings. The van der Waals surface area contributed by atoms with Gasteiger partial charge in [0, 0.05) is 12.3 Å². The van der Waals surface area contributed by atoms with Crippen molar-refractivity contribution in [2.75, 3.05) is 0 Å². The molecule has 1 aliphatic carbocycles. The third kappa shape index (κ3) is 3.36. The molecule has 0 saturated heterocycles. The molecule has 1 heteroatoms. The number of fused-ring (bicyclic) bond motifs is 1. The van der Waals surface area contributed by atoms with Gasteiger partial charge in [-0.2, -0.15) is 0 Å². The molecular weight excluding hydrogens is 232 g/mol. The van der Waals surface area contributed by atoms with Crippen LogP contribution < -0.4 is 0 Å². The van der Waals surface area contributed by atoms with Crippen LogP contribution in [0.3, 0.4) is 0 Å². The van der Waals surface area contributed by atoms with Gasteiger partial charge in [0.1, 0.15) is 0 Å². The Labute approximate surface area is 115 Å². The number of aliphatic hydroxyl groups excluding tert-OH is 1. The van der Waals surface area contributed by atoms with E-state index in [0.29, 0.717) is 0 Å². The largest absolute Gasteiger partial charge is 0.389 e. The van der Waals surface area contributed by atoms with Gasteiger partial charge < -0.3 is 5.11 Å². The van der Waals surface area contributed by atoms with E-state index >= 15 is 0 Å². The molecule has 0 aliphatic heterocycles. The summed E-state index contributed by atoms with van der Waals surface area (Å²) >= 11 is 0. The fourth-order valence-corrected chi connectivity index (χ4v) is 2.25. The third-order valence-corrected chi connectivity index (χ3v) is 3.54. The maximum absolute atomic E-state index is 10.1. The van der Waals surface area contributed by atoms with Crippen molar-refractivity contribution >= 4 is 6.08 Å². The Kier molecular flexibility index (Phi) is 4.60. The van der Waals surface area contributed by atoms with Crippen molar-refractivity contribution in [3.05, 3.63) is 53.6 Å². The quantitative estimate of drug-likeness (QED) is 0.639. The van der Waals surface area contributed by atoms with Crippen LogP contribution in [-0.2, 0) is 0 Å². The summed E-state index contributed by atoms with van der Waals surface area (Å²) in [4.78, 5) is 0. The minimum Gasteiger partial charge on any atom is -0.389 e. The van der Waals surface area contributed by atoms with E-state index in [1.807, 2.05) is 19.9 Å². The third-order valence-electron chi connectivity index (χ3n) is 3.54. The molecule has 0 spiro atoms. The van der Waals surface area contributed by atoms with Crippen molar-refractivity contribution in [3.8, 4) is 11.8 Å². The van der Waals surface area contributed by atoms with Crippen molar-refractivity contribution in [1.82, 2.24) is 0 Å². The lowest BCUT2D eigenvalue weighted by molar-refractivity contribution is 0.164. The molecule has 0 aromatic heterocycles. The molecule has 1 aromatic rings. The normalized spacial score (nSPS) is 19.8. The molecule has 0 heterocycles. The maximum Gasteiger partial charge on any atom is 0.0755 e. The summed E-state index contributed by atoms with van der Waals surface area (Å²) in [6.07, 6.45) is 8.61. The number of rotatable bonds is 4. The zero-order valence-electron chi connectivity index (χ0n) is 11.5. The first kappa shape index (κ1) is 13.6. The van der Waals surface area contributed by atoms with Crippen molar-refractivity contribution < 1.29 is 5.11 Å². The molecule has 0 radical (unpaired) electrons. The summed E-state index contributed by atoms with van der Waals surface area (Å²) < 4.78 is 0. The smallest absolute Gasteiger partial charge is 0.0755 e. The lowest BCUT2D eigenvalue weighted by atomic mass is 9.96. The van der Waals surface area contributed by atoms with E-state index in [-0.39, 0.29) is 11.8 Å². The molecule has 0 saturated carbocycles. The van der Waals surface area contributed by atoms with Gasteiger partial charge >= 0.3 is 0 Å². The monoisotopic (exact) mass is 252 g/mol. The minimum atomic E-state index is -0.429. The van der Waals surface area contributed by atoms with E-state index in [9.17, 15) is 5.11 Å². The average molecular weight is 252 g/mol. The average Bonchev–Trinajstić information content (AvgIpc) is 2.85. The maximum atomic E-state index is 10.1. The number of benzene rings is 1. The first-order valence-electron chi connectivity index (χ1n) is 6.75. The Morgan fingerprint density at radius 3 is 2.95 bits per heavy atom. The fourth-order valence-electron chi connectivity index (χ4n) is 2.25. The predicted molar refractivity (Wildman–Crippen MR) is 80.6 cm³/mol. The van der Waals surface area contributed by atoms with Crippen molar-refractivity contribution in [3.63, 3.8) is 0 Å². The predicted octanol–water partition coefficient (Wildman–Crippen LogP) is 3.76. The molecule has 1 aromatic carbocycles. The van der Waals surface area contributed by atoms with Crippen LogP contribution in [0.5, 0.6) is 0 Å². The molecule has 1 nitrogen and oxygen atoms in total. The molecule has 0 amide bonds. The molecule has 0 bridgehead atoms. The zero-order chi connectivity index (χ0) is 13.7. The Bertz CT molecular complexity index is 542. The van der Waals surface area contributed by atoms with Gasteiger partial charge in [-0.1, -0.05) is 55.5 Å². The van der Waals surface area contributed by atoms with Crippen molar-refractivity contribution in [1.29, 1.82) is 0 Å². The van der Waals surface area contributed by atoms with Crippen LogP contribution in [-0.4, -0.2) is 11.2 Å². The van der Waals surface area contributed by atoms with Crippen LogP contribution in [0.15, 0.2) is 42.5 Å². The topological polar surface area (TPSA) is 20.2 Å². The highest BCUT2D eigenvalue weighted by atomic mass is 16.3. The number of hydrogen-bond donors (Lipinski definition) is 1. The molecule has 3 atom stereocenters. The second-order valence-corrected chi connectivity index (χ2v) is 5.00. The summed E-state index contributed by atoms with van der Waals surface area (Å²) in [5.41, 5.74) is 2.59. The highest BCUT2D eigenvalue weighted by Gasteiger charge is 2.15. The van der Waals surface area contributed by atoms with Gasteiger partial charge in [-0.25, -0.2) is 0 Å². The van der Waals surface area contributed by atoms with Crippen LogP contribution in [0, 0.1) is 17.8 Å². The van der Waals surface area contributed by atoms with Crippen molar-refractivity contribution in [2.45, 2.75) is 32.3 Å². The van der Waals surface area contributed by atoms with E-state index < -0.39 is 6.10 Å². The van der Waals surface area contributed by atoms with Gasteiger partial charge in [-0.05, 0) is 24.0 Å². The van der Waals surface area contributed by atoms with Crippen LogP contribution >= 0.6 is 0 Å². The standard InChI is InChI=1S/C18H20O/c1-3-4-7-14(2)18(19)13-12-16-11-10-15-8-5-6-9-17(15)16/h5-6,8-14,16,18-19H,7H2,1-2H3/b13-12+/t14-,16?,18+/m0/s1. The Balaban J connectivity index is 2.00. The summed E-state index contributed by atoms with van der Waals surface area (Å²) in [6.45, 7) is 3.85. The van der Waals surface area contributed by atoms with Gasteiger partial charge in [-0.15, -0.1) is 11.8 Å². The van der Waals surface area contributed by atoms with E-state index in [1.54, 1.807) is 0 Å². The lowest BCUT2D eigenvalue weighted by Gasteiger charge is -2.13. The van der Waals surface area contributed by atoms with E-state index in [0.717, 1.165) is 6.42 Å². The van der Waals surface area contributed by atoms with Crippen LogP contribution in [0.2, 0.25) is 0 Å². The molecular formula is C18H20O. The molecule has 1 N–H and O–H groups in total.